The molecule has 1 fully saturated rings. The van der Waals surface area contributed by atoms with Gasteiger partial charge in [0, 0.05) is 41.7 Å². The Morgan fingerprint density at radius 1 is 1.31 bits per heavy atom. The number of aromatic nitrogens is 3. The number of rotatable bonds is 3. The summed E-state index contributed by atoms with van der Waals surface area (Å²) in [7, 11) is -3.46. The van der Waals surface area contributed by atoms with E-state index in [1.54, 1.807) is 12.3 Å². The van der Waals surface area contributed by atoms with Gasteiger partial charge in [-0.3, -0.25) is 0 Å². The fraction of sp³-hybridized carbons (Fsp3) is 0.409. The van der Waals surface area contributed by atoms with Crippen LogP contribution >= 0.6 is 15.9 Å². The summed E-state index contributed by atoms with van der Waals surface area (Å²) in [5.41, 5.74) is 2.98. The number of hydrogen-bond acceptors (Lipinski definition) is 7. The van der Waals surface area contributed by atoms with E-state index in [-0.39, 0.29) is 22.2 Å². The van der Waals surface area contributed by atoms with Crippen LogP contribution in [0.4, 0.5) is 5.95 Å². The molecule has 32 heavy (non-hydrogen) atoms. The van der Waals surface area contributed by atoms with Crippen molar-refractivity contribution in [3.05, 3.63) is 34.1 Å². The highest BCUT2D eigenvalue weighted by Gasteiger charge is 2.34. The lowest BCUT2D eigenvalue weighted by Gasteiger charge is -2.36. The fourth-order valence-electron chi connectivity index (χ4n) is 4.45. The van der Waals surface area contributed by atoms with Gasteiger partial charge in [-0.2, -0.15) is 5.26 Å². The molecule has 8 nitrogen and oxygen atoms in total. The number of H-pyrrole nitrogens is 1. The molecule has 4 heterocycles. The monoisotopic (exact) mass is 514 g/mol. The van der Waals surface area contributed by atoms with E-state index in [9.17, 15) is 13.7 Å². The molecule has 5 rings (SSSR count). The highest BCUT2D eigenvalue weighted by Crippen LogP contribution is 2.39. The molecular formula is C22H23BrN6O2S. The van der Waals surface area contributed by atoms with Crippen molar-refractivity contribution >= 4 is 42.6 Å². The molecule has 1 atom stereocenters. The highest BCUT2D eigenvalue weighted by molar-refractivity contribution is 9.10. The van der Waals surface area contributed by atoms with Crippen molar-refractivity contribution in [2.45, 2.75) is 49.6 Å². The van der Waals surface area contributed by atoms with Crippen LogP contribution < -0.4 is 10.6 Å². The molecule has 0 aliphatic carbocycles. The number of nitrogens with one attached hydrogen (secondary N) is 3. The Bertz CT molecular complexity index is 1380. The lowest BCUT2D eigenvalue weighted by molar-refractivity contribution is 0.289. The van der Waals surface area contributed by atoms with Crippen molar-refractivity contribution in [1.82, 2.24) is 20.3 Å². The van der Waals surface area contributed by atoms with E-state index in [1.807, 2.05) is 6.07 Å². The SMILES string of the molecule is CC1(C)CC[C@H](Nc2nc3c(c(-c4c[nH]c5c(Br)c(C#N)ccc45)n2)S(=O)(=O)CC3)CN1. The van der Waals surface area contributed by atoms with Gasteiger partial charge in [-0.1, -0.05) is 6.07 Å². The predicted octanol–water partition coefficient (Wildman–Crippen LogP) is 3.53. The third kappa shape index (κ3) is 3.58. The number of halogens is 1. The van der Waals surface area contributed by atoms with Gasteiger partial charge in [0.1, 0.15) is 11.0 Å². The van der Waals surface area contributed by atoms with Crippen LogP contribution in [0.25, 0.3) is 22.2 Å². The van der Waals surface area contributed by atoms with E-state index >= 15 is 0 Å². The quantitative estimate of drug-likeness (QED) is 0.488. The number of sulfone groups is 1. The molecule has 10 heteroatoms. The molecule has 1 aromatic carbocycles. The minimum absolute atomic E-state index is 0.0390. The van der Waals surface area contributed by atoms with Gasteiger partial charge < -0.3 is 15.6 Å². The van der Waals surface area contributed by atoms with Crippen LogP contribution in [0.15, 0.2) is 27.7 Å². The number of hydrogen-bond donors (Lipinski definition) is 3. The summed E-state index contributed by atoms with van der Waals surface area (Å²) in [5, 5.41) is 17.1. The molecule has 1 saturated heterocycles. The number of piperidine rings is 1. The van der Waals surface area contributed by atoms with Gasteiger partial charge in [-0.05, 0) is 48.7 Å². The van der Waals surface area contributed by atoms with Gasteiger partial charge in [0.05, 0.1) is 32.7 Å². The van der Waals surface area contributed by atoms with Crippen LogP contribution in [0.1, 0.15) is 37.9 Å². The van der Waals surface area contributed by atoms with Crippen molar-refractivity contribution in [3.63, 3.8) is 0 Å². The van der Waals surface area contributed by atoms with Gasteiger partial charge in [-0.15, -0.1) is 0 Å². The molecule has 0 amide bonds. The first kappa shape index (κ1) is 21.4. The molecule has 2 aromatic heterocycles. The maximum Gasteiger partial charge on any atom is 0.223 e. The normalized spacial score (nSPS) is 21.2. The lowest BCUT2D eigenvalue weighted by atomic mass is 9.91. The first-order chi connectivity index (χ1) is 15.2. The second-order valence-corrected chi connectivity index (χ2v) is 11.9. The maximum atomic E-state index is 12.9. The Kier molecular flexibility index (Phi) is 5.04. The molecule has 2 aliphatic rings. The molecule has 166 valence electrons. The average Bonchev–Trinajstić information content (AvgIpc) is 3.31. The smallest absolute Gasteiger partial charge is 0.223 e. The summed E-state index contributed by atoms with van der Waals surface area (Å²) in [4.78, 5) is 12.7. The number of nitriles is 1. The van der Waals surface area contributed by atoms with Crippen molar-refractivity contribution in [2.24, 2.45) is 0 Å². The molecule has 0 radical (unpaired) electrons. The minimum Gasteiger partial charge on any atom is -0.360 e. The van der Waals surface area contributed by atoms with Crippen molar-refractivity contribution in [3.8, 4) is 17.3 Å². The predicted molar refractivity (Wildman–Crippen MR) is 126 cm³/mol. The van der Waals surface area contributed by atoms with Gasteiger partial charge in [0.15, 0.2) is 9.84 Å². The summed E-state index contributed by atoms with van der Waals surface area (Å²) in [5.74, 6) is 0.487. The van der Waals surface area contributed by atoms with Crippen molar-refractivity contribution < 1.29 is 8.42 Å². The molecule has 0 bridgehead atoms. The second-order valence-electron chi connectivity index (χ2n) is 9.05. The van der Waals surface area contributed by atoms with Crippen LogP contribution in [0.3, 0.4) is 0 Å². The molecule has 0 saturated carbocycles. The molecule has 0 spiro atoms. The summed E-state index contributed by atoms with van der Waals surface area (Å²) >= 11 is 3.48. The zero-order chi connectivity index (χ0) is 22.7. The summed E-state index contributed by atoms with van der Waals surface area (Å²) in [6, 6.07) is 5.85. The van der Waals surface area contributed by atoms with Gasteiger partial charge >= 0.3 is 0 Å². The molecule has 2 aliphatic heterocycles. The largest absolute Gasteiger partial charge is 0.360 e. The number of fused-ring (bicyclic) bond motifs is 2. The van der Waals surface area contributed by atoms with Crippen molar-refractivity contribution in [1.29, 1.82) is 5.26 Å². The van der Waals surface area contributed by atoms with Gasteiger partial charge in [0.2, 0.25) is 5.95 Å². The maximum absolute atomic E-state index is 12.9. The van der Waals surface area contributed by atoms with E-state index in [0.717, 1.165) is 30.3 Å². The van der Waals surface area contributed by atoms with Crippen LogP contribution in [0, 0.1) is 11.3 Å². The van der Waals surface area contributed by atoms with Crippen molar-refractivity contribution in [2.75, 3.05) is 17.6 Å². The van der Waals surface area contributed by atoms with Crippen LogP contribution in [0.5, 0.6) is 0 Å². The van der Waals surface area contributed by atoms with Gasteiger partial charge in [0.25, 0.3) is 0 Å². The number of anilines is 1. The highest BCUT2D eigenvalue weighted by atomic mass is 79.9. The van der Waals surface area contributed by atoms with Gasteiger partial charge in [-0.25, -0.2) is 18.4 Å². The number of benzene rings is 1. The van der Waals surface area contributed by atoms with Crippen LogP contribution in [0.2, 0.25) is 0 Å². The number of nitrogens with zero attached hydrogens (tertiary/aromatic N) is 3. The zero-order valence-corrected chi connectivity index (χ0v) is 20.2. The molecule has 3 aromatic rings. The Morgan fingerprint density at radius 3 is 2.84 bits per heavy atom. The Morgan fingerprint density at radius 2 is 2.12 bits per heavy atom. The zero-order valence-electron chi connectivity index (χ0n) is 17.8. The third-order valence-corrected chi connectivity index (χ3v) is 8.92. The first-order valence-electron chi connectivity index (χ1n) is 10.5. The Labute approximate surface area is 194 Å². The first-order valence-corrected chi connectivity index (χ1v) is 13.0. The summed E-state index contributed by atoms with van der Waals surface area (Å²) in [6.45, 7) is 5.16. The summed E-state index contributed by atoms with van der Waals surface area (Å²) < 4.78 is 26.4. The minimum atomic E-state index is -3.46. The lowest BCUT2D eigenvalue weighted by Crippen LogP contribution is -2.50. The van der Waals surface area contributed by atoms with E-state index in [4.69, 9.17) is 4.98 Å². The number of aromatic amines is 1. The van der Waals surface area contributed by atoms with E-state index in [2.05, 4.69) is 56.4 Å². The Hall–Kier alpha value is -2.48. The molecule has 3 N–H and O–H groups in total. The van der Waals surface area contributed by atoms with Crippen LogP contribution in [-0.4, -0.2) is 47.2 Å². The topological polar surface area (TPSA) is 124 Å². The van der Waals surface area contributed by atoms with E-state index in [1.165, 1.54) is 0 Å². The van der Waals surface area contributed by atoms with E-state index in [0.29, 0.717) is 39.4 Å². The molecule has 0 unspecified atom stereocenters. The average molecular weight is 515 g/mol. The second kappa shape index (κ2) is 7.54. The Balaban J connectivity index is 1.62. The van der Waals surface area contributed by atoms with Crippen LogP contribution in [-0.2, 0) is 16.3 Å². The third-order valence-electron chi connectivity index (χ3n) is 6.30. The fourth-order valence-corrected chi connectivity index (χ4v) is 6.62. The summed E-state index contributed by atoms with van der Waals surface area (Å²) in [6.07, 6.45) is 4.13. The molecular weight excluding hydrogens is 492 g/mol. The number of aryl methyl sites for hydroxylation is 1. The van der Waals surface area contributed by atoms with E-state index < -0.39 is 9.84 Å². The standard InChI is InChI=1S/C22H23BrN6O2S/c1-22(2)7-5-13(10-26-22)27-21-28-16-6-8-32(30,31)20(16)19(29-21)15-11-25-18-14(15)4-3-12(9-24)17(18)23/h3-4,11,13,25-26H,5-8,10H2,1-2H3,(H,27,28,29)/t13-/m0/s1.